The highest BCUT2D eigenvalue weighted by atomic mass is 16.2. The topological polar surface area (TPSA) is 72.2 Å². The van der Waals surface area contributed by atoms with Gasteiger partial charge in [0.1, 0.15) is 11.2 Å². The molecule has 1 aromatic carbocycles. The van der Waals surface area contributed by atoms with Crippen molar-refractivity contribution in [3.8, 4) is 5.69 Å². The lowest BCUT2D eigenvalue weighted by Crippen LogP contribution is -2.64. The Morgan fingerprint density at radius 1 is 1.14 bits per heavy atom. The molecule has 1 saturated carbocycles. The van der Waals surface area contributed by atoms with Crippen molar-refractivity contribution >= 4 is 22.7 Å². The maximum Gasteiger partial charge on any atom is 0.273 e. The highest BCUT2D eigenvalue weighted by molar-refractivity contribution is 6.09. The zero-order chi connectivity index (χ0) is 24.9. The van der Waals surface area contributed by atoms with E-state index in [1.165, 1.54) is 0 Å². The summed E-state index contributed by atoms with van der Waals surface area (Å²) in [6, 6.07) is 14.2. The number of nitrogens with one attached hydrogen (secondary N) is 1. The van der Waals surface area contributed by atoms with E-state index in [1.54, 1.807) is 17.3 Å². The molecular formula is C29H31N5O2. The van der Waals surface area contributed by atoms with Gasteiger partial charge in [-0.3, -0.25) is 14.6 Å². The molecule has 0 saturated heterocycles. The van der Waals surface area contributed by atoms with Crippen LogP contribution >= 0.6 is 0 Å². The molecule has 1 aliphatic carbocycles. The summed E-state index contributed by atoms with van der Waals surface area (Å²) in [7, 11) is 0. The highest BCUT2D eigenvalue weighted by Crippen LogP contribution is 2.39. The number of pyridine rings is 1. The van der Waals surface area contributed by atoms with Crippen molar-refractivity contribution in [2.45, 2.75) is 64.2 Å². The van der Waals surface area contributed by atoms with E-state index in [4.69, 9.17) is 0 Å². The highest BCUT2D eigenvalue weighted by Gasteiger charge is 2.49. The smallest absolute Gasteiger partial charge is 0.273 e. The van der Waals surface area contributed by atoms with Crippen molar-refractivity contribution in [2.75, 3.05) is 0 Å². The minimum atomic E-state index is -1.05. The Labute approximate surface area is 210 Å². The van der Waals surface area contributed by atoms with Gasteiger partial charge in [-0.2, -0.15) is 0 Å². The van der Waals surface area contributed by atoms with Crippen molar-refractivity contribution < 1.29 is 9.59 Å². The molecule has 1 aliphatic heterocycles. The van der Waals surface area contributed by atoms with Crippen LogP contribution in [0.15, 0.2) is 67.3 Å². The van der Waals surface area contributed by atoms with Gasteiger partial charge >= 0.3 is 0 Å². The molecule has 1 atom stereocenters. The molecule has 7 nitrogen and oxygen atoms in total. The van der Waals surface area contributed by atoms with Crippen LogP contribution in [0.2, 0.25) is 0 Å². The molecule has 184 valence electrons. The van der Waals surface area contributed by atoms with Crippen LogP contribution in [-0.4, -0.2) is 42.4 Å². The van der Waals surface area contributed by atoms with E-state index in [2.05, 4.69) is 40.0 Å². The van der Waals surface area contributed by atoms with Gasteiger partial charge in [0.15, 0.2) is 0 Å². The van der Waals surface area contributed by atoms with E-state index in [0.717, 1.165) is 53.4 Å². The van der Waals surface area contributed by atoms with Gasteiger partial charge < -0.3 is 19.4 Å². The number of hydrogen-bond acceptors (Lipinski definition) is 3. The summed E-state index contributed by atoms with van der Waals surface area (Å²) < 4.78 is 4.06. The van der Waals surface area contributed by atoms with Crippen LogP contribution in [0.25, 0.3) is 16.6 Å². The molecule has 36 heavy (non-hydrogen) atoms. The van der Waals surface area contributed by atoms with Gasteiger partial charge in [0.05, 0.1) is 17.7 Å². The van der Waals surface area contributed by atoms with Crippen LogP contribution in [0.4, 0.5) is 0 Å². The van der Waals surface area contributed by atoms with Crippen LogP contribution in [-0.2, 0) is 17.9 Å². The molecular weight excluding hydrogens is 450 g/mol. The number of benzene rings is 1. The minimum absolute atomic E-state index is 0.0891. The number of carbonyl (C=O) groups excluding carboxylic acids is 2. The van der Waals surface area contributed by atoms with E-state index < -0.39 is 5.54 Å². The average Bonchev–Trinajstić information content (AvgIpc) is 3.63. The molecule has 4 aromatic rings. The Morgan fingerprint density at radius 3 is 2.64 bits per heavy atom. The van der Waals surface area contributed by atoms with Crippen molar-refractivity contribution in [2.24, 2.45) is 0 Å². The molecule has 2 aliphatic rings. The Balaban J connectivity index is 1.53. The number of carbonyl (C=O) groups is 2. The summed E-state index contributed by atoms with van der Waals surface area (Å²) in [5, 5.41) is 4.29. The molecule has 1 unspecified atom stereocenters. The standard InChI is InChI=1S/C29H31N5O2/c1-20-11-12-24-23(16-20)25(32-14-5-6-15-32)26-27(35)34(18-21-8-7-13-30-17-21)29(2,19-33(24)26)28(36)31-22-9-3-4-10-22/h5-8,11-17,22H,3-4,9-10,18-19H2,1-2H3,(H,31,36). The zero-order valence-corrected chi connectivity index (χ0v) is 20.8. The maximum absolute atomic E-state index is 14.4. The third-order valence-electron chi connectivity index (χ3n) is 7.81. The normalized spacial score (nSPS) is 20.2. The zero-order valence-electron chi connectivity index (χ0n) is 20.8. The first-order chi connectivity index (χ1) is 17.5. The molecule has 6 rings (SSSR count). The SMILES string of the molecule is Cc1ccc2c(c1)c(-n1cccc1)c1n2CC(C)(C(=O)NC2CCCC2)N(Cc2cccnc2)C1=O. The number of amides is 2. The lowest BCUT2D eigenvalue weighted by Gasteiger charge is -2.44. The number of aryl methyl sites for hydroxylation is 1. The molecule has 1 N–H and O–H groups in total. The third-order valence-corrected chi connectivity index (χ3v) is 7.81. The average molecular weight is 482 g/mol. The van der Waals surface area contributed by atoms with Gasteiger partial charge in [0, 0.05) is 42.8 Å². The molecule has 2 amide bonds. The summed E-state index contributed by atoms with van der Waals surface area (Å²) in [5.41, 5.74) is 3.41. The van der Waals surface area contributed by atoms with E-state index in [9.17, 15) is 9.59 Å². The molecule has 7 heteroatoms. The quantitative estimate of drug-likeness (QED) is 0.453. The van der Waals surface area contributed by atoms with Crippen LogP contribution < -0.4 is 5.32 Å². The van der Waals surface area contributed by atoms with Gasteiger partial charge in [0.2, 0.25) is 5.91 Å². The largest absolute Gasteiger partial charge is 0.351 e. The van der Waals surface area contributed by atoms with E-state index >= 15 is 0 Å². The van der Waals surface area contributed by atoms with Gasteiger partial charge in [0.25, 0.3) is 5.91 Å². The second kappa shape index (κ2) is 8.66. The molecule has 4 heterocycles. The molecule has 0 bridgehead atoms. The fourth-order valence-corrected chi connectivity index (χ4v) is 5.85. The summed E-state index contributed by atoms with van der Waals surface area (Å²) >= 11 is 0. The second-order valence-corrected chi connectivity index (χ2v) is 10.4. The predicted molar refractivity (Wildman–Crippen MR) is 139 cm³/mol. The first-order valence-electron chi connectivity index (χ1n) is 12.7. The van der Waals surface area contributed by atoms with Crippen molar-refractivity contribution in [3.05, 3.63) is 84.1 Å². The minimum Gasteiger partial charge on any atom is -0.351 e. The fraction of sp³-hybridized carbons (Fsp3) is 0.345. The van der Waals surface area contributed by atoms with E-state index in [0.29, 0.717) is 18.8 Å². The number of fused-ring (bicyclic) bond motifs is 3. The molecule has 3 aromatic heterocycles. The number of nitrogens with zero attached hydrogens (tertiary/aromatic N) is 4. The van der Waals surface area contributed by atoms with Crippen molar-refractivity contribution in [1.82, 2.24) is 24.3 Å². The summed E-state index contributed by atoms with van der Waals surface area (Å²) in [4.78, 5) is 34.4. The Bertz CT molecular complexity index is 1430. The van der Waals surface area contributed by atoms with Crippen molar-refractivity contribution in [1.29, 1.82) is 0 Å². The predicted octanol–water partition coefficient (Wildman–Crippen LogP) is 4.61. The van der Waals surface area contributed by atoms with Crippen LogP contribution in [0.1, 0.15) is 54.2 Å². The summed E-state index contributed by atoms with van der Waals surface area (Å²) in [6.07, 6.45) is 11.7. The Kier molecular flexibility index (Phi) is 5.43. The van der Waals surface area contributed by atoms with E-state index in [1.807, 2.05) is 48.1 Å². The maximum atomic E-state index is 14.4. The fourth-order valence-electron chi connectivity index (χ4n) is 5.85. The lowest BCUT2D eigenvalue weighted by atomic mass is 9.93. The lowest BCUT2D eigenvalue weighted by molar-refractivity contribution is -0.133. The molecule has 0 spiro atoms. The van der Waals surface area contributed by atoms with Gasteiger partial charge in [-0.05, 0) is 62.6 Å². The second-order valence-electron chi connectivity index (χ2n) is 10.4. The van der Waals surface area contributed by atoms with Gasteiger partial charge in [-0.1, -0.05) is 30.5 Å². The van der Waals surface area contributed by atoms with Crippen molar-refractivity contribution in [3.63, 3.8) is 0 Å². The number of aromatic nitrogens is 3. The van der Waals surface area contributed by atoms with Gasteiger partial charge in [-0.15, -0.1) is 0 Å². The van der Waals surface area contributed by atoms with Crippen LogP contribution in [0.3, 0.4) is 0 Å². The first-order valence-corrected chi connectivity index (χ1v) is 12.7. The summed E-state index contributed by atoms with van der Waals surface area (Å²) in [5.74, 6) is -0.236. The number of rotatable bonds is 5. The molecule has 0 radical (unpaired) electrons. The number of hydrogen-bond donors (Lipinski definition) is 1. The van der Waals surface area contributed by atoms with Crippen LogP contribution in [0, 0.1) is 6.92 Å². The van der Waals surface area contributed by atoms with E-state index in [-0.39, 0.29) is 17.9 Å². The first kappa shape index (κ1) is 22.6. The molecule has 1 fully saturated rings. The van der Waals surface area contributed by atoms with Gasteiger partial charge in [-0.25, -0.2) is 0 Å². The Morgan fingerprint density at radius 2 is 1.92 bits per heavy atom. The third kappa shape index (κ3) is 3.61. The monoisotopic (exact) mass is 481 g/mol. The summed E-state index contributed by atoms with van der Waals surface area (Å²) in [6.45, 7) is 4.66. The Hall–Kier alpha value is -3.87. The van der Waals surface area contributed by atoms with Crippen LogP contribution in [0.5, 0.6) is 0 Å².